The summed E-state index contributed by atoms with van der Waals surface area (Å²) >= 11 is 4.32. The van der Waals surface area contributed by atoms with E-state index in [0.717, 1.165) is 18.8 Å². The van der Waals surface area contributed by atoms with E-state index in [9.17, 15) is 17.6 Å². The van der Waals surface area contributed by atoms with Crippen molar-refractivity contribution in [1.29, 1.82) is 0 Å². The highest BCUT2D eigenvalue weighted by molar-refractivity contribution is 7.78. The molecule has 0 bridgehead atoms. The molecule has 0 aromatic heterocycles. The molecule has 0 amide bonds. The highest BCUT2D eigenvalue weighted by atomic mass is 32.1. The summed E-state index contributed by atoms with van der Waals surface area (Å²) in [7, 11) is 0. The molecule has 28 heavy (non-hydrogen) atoms. The van der Waals surface area contributed by atoms with Crippen LogP contribution in [0.2, 0.25) is 0 Å². The van der Waals surface area contributed by atoms with Gasteiger partial charge in [0, 0.05) is 12.1 Å². The van der Waals surface area contributed by atoms with Crippen molar-refractivity contribution in [2.24, 2.45) is 28.7 Å². The van der Waals surface area contributed by atoms with Crippen molar-refractivity contribution in [1.82, 2.24) is 0 Å². The normalized spacial score (nSPS) is 28.5. The molecule has 0 heterocycles. The van der Waals surface area contributed by atoms with Gasteiger partial charge < -0.3 is 4.74 Å². The number of hydrogen-bond donors (Lipinski definition) is 0. The Balaban J connectivity index is 1.60. The summed E-state index contributed by atoms with van der Waals surface area (Å²) in [6.07, 6.45) is 3.61. The second kappa shape index (κ2) is 8.91. The van der Waals surface area contributed by atoms with E-state index >= 15 is 0 Å². The molecule has 2 nitrogen and oxygen atoms in total. The molecule has 2 fully saturated rings. The number of halogens is 4. The number of isothiocyanates is 1. The van der Waals surface area contributed by atoms with Crippen molar-refractivity contribution in [3.8, 4) is 5.75 Å². The molecule has 154 valence electrons. The lowest BCUT2D eigenvalue weighted by Crippen LogP contribution is -2.38. The Morgan fingerprint density at radius 3 is 1.96 bits per heavy atom. The molecule has 1 aromatic carbocycles. The van der Waals surface area contributed by atoms with Crippen LogP contribution in [0.15, 0.2) is 17.1 Å². The van der Waals surface area contributed by atoms with Gasteiger partial charge in [0.2, 0.25) is 0 Å². The van der Waals surface area contributed by atoms with E-state index < -0.39 is 35.1 Å². The molecule has 0 unspecified atom stereocenters. The van der Waals surface area contributed by atoms with Gasteiger partial charge in [-0.05, 0) is 68.5 Å². The van der Waals surface area contributed by atoms with Gasteiger partial charge >= 0.3 is 6.11 Å². The minimum absolute atomic E-state index is 0.363. The first-order valence-electron chi connectivity index (χ1n) is 9.94. The third-order valence-electron chi connectivity index (χ3n) is 6.38. The zero-order valence-electron chi connectivity index (χ0n) is 15.9. The topological polar surface area (TPSA) is 21.6 Å². The molecule has 0 N–H and O–H groups in total. The van der Waals surface area contributed by atoms with Crippen LogP contribution in [0.25, 0.3) is 0 Å². The van der Waals surface area contributed by atoms with Crippen LogP contribution in [0, 0.1) is 35.3 Å². The average molecular weight is 415 g/mol. The van der Waals surface area contributed by atoms with Crippen LogP contribution in [0.5, 0.6) is 5.75 Å². The fourth-order valence-electron chi connectivity index (χ4n) is 4.68. The Labute approximate surface area is 168 Å². The predicted octanol–water partition coefficient (Wildman–Crippen LogP) is 7.30. The van der Waals surface area contributed by atoms with Gasteiger partial charge in [-0.15, -0.1) is 0 Å². The highest BCUT2D eigenvalue weighted by Gasteiger charge is 2.45. The van der Waals surface area contributed by atoms with E-state index in [0.29, 0.717) is 36.8 Å². The predicted molar refractivity (Wildman–Crippen MR) is 103 cm³/mol. The van der Waals surface area contributed by atoms with Crippen LogP contribution >= 0.6 is 12.2 Å². The van der Waals surface area contributed by atoms with Crippen LogP contribution in [-0.2, 0) is 0 Å². The summed E-state index contributed by atoms with van der Waals surface area (Å²) in [5, 5.41) is 1.86. The van der Waals surface area contributed by atoms with E-state index in [1.165, 1.54) is 25.7 Å². The molecule has 0 aliphatic heterocycles. The van der Waals surface area contributed by atoms with Crippen molar-refractivity contribution >= 4 is 23.1 Å². The molecular formula is C21H25F4NOS. The number of thiocarbonyl (C=S) groups is 1. The van der Waals surface area contributed by atoms with Crippen LogP contribution in [0.3, 0.4) is 0 Å². The van der Waals surface area contributed by atoms with Crippen LogP contribution < -0.4 is 4.74 Å². The van der Waals surface area contributed by atoms with Crippen LogP contribution in [0.1, 0.15) is 58.3 Å². The minimum atomic E-state index is -3.47. The van der Waals surface area contributed by atoms with Gasteiger partial charge in [-0.2, -0.15) is 13.8 Å². The summed E-state index contributed by atoms with van der Waals surface area (Å²) in [5.41, 5.74) is -0.659. The van der Waals surface area contributed by atoms with Gasteiger partial charge in [-0.1, -0.05) is 19.8 Å². The van der Waals surface area contributed by atoms with E-state index in [4.69, 9.17) is 4.74 Å². The lowest BCUT2D eigenvalue weighted by Gasteiger charge is -2.38. The molecule has 0 saturated heterocycles. The first kappa shape index (κ1) is 21.3. The molecule has 1 aromatic rings. The number of nitrogens with zero attached hydrogens (tertiary/aromatic N) is 1. The number of alkyl halides is 2. The summed E-state index contributed by atoms with van der Waals surface area (Å²) in [4.78, 5) is 3.26. The van der Waals surface area contributed by atoms with Gasteiger partial charge in [0.25, 0.3) is 0 Å². The third-order valence-corrected chi connectivity index (χ3v) is 6.47. The van der Waals surface area contributed by atoms with Crippen molar-refractivity contribution in [3.05, 3.63) is 23.8 Å². The van der Waals surface area contributed by atoms with Gasteiger partial charge in [0.1, 0.15) is 11.4 Å². The molecular weight excluding hydrogens is 390 g/mol. The number of hydrogen-bond acceptors (Lipinski definition) is 3. The van der Waals surface area contributed by atoms with Gasteiger partial charge in [-0.3, -0.25) is 0 Å². The fourth-order valence-corrected chi connectivity index (χ4v) is 4.77. The molecule has 7 heteroatoms. The molecule has 2 aliphatic carbocycles. The fraction of sp³-hybridized carbons (Fsp3) is 0.667. The van der Waals surface area contributed by atoms with E-state index in [-0.39, 0.29) is 0 Å². The quantitative estimate of drug-likeness (QED) is 0.286. The Hall–Kier alpha value is -1.46. The first-order valence-corrected chi connectivity index (χ1v) is 10.3. The standard InChI is InChI=1S/C21H25F4NOS/c1-13-2-4-14(5-3-13)15-6-8-16(9-7-15)21(24,25)27-17-10-18(22)20(26-12-28)19(23)11-17/h10-11,13-16H,2-9H2,1H3. The number of ether oxygens (including phenoxy) is 1. The van der Waals surface area contributed by atoms with Gasteiger partial charge in [0.05, 0.1) is 11.1 Å². The summed E-state index contributed by atoms with van der Waals surface area (Å²) in [6, 6.07) is 1.41. The Kier molecular flexibility index (Phi) is 6.77. The smallest absolute Gasteiger partial charge is 0.400 e. The van der Waals surface area contributed by atoms with Crippen LogP contribution in [-0.4, -0.2) is 11.3 Å². The molecule has 0 spiro atoms. The van der Waals surface area contributed by atoms with Crippen molar-refractivity contribution in [3.63, 3.8) is 0 Å². The second-order valence-electron chi connectivity index (χ2n) is 8.23. The maximum Gasteiger partial charge on any atom is 0.400 e. The SMILES string of the molecule is CC1CCC(C2CCC(C(F)(F)Oc3cc(F)c(N=C=S)c(F)c3)CC2)CC1. The largest absolute Gasteiger partial charge is 0.432 e. The first-order chi connectivity index (χ1) is 13.3. The molecule has 0 atom stereocenters. The summed E-state index contributed by atoms with van der Waals surface area (Å²) in [6.45, 7) is 2.27. The van der Waals surface area contributed by atoms with Gasteiger partial charge in [0.15, 0.2) is 11.6 Å². The summed E-state index contributed by atoms with van der Waals surface area (Å²) in [5.74, 6) is -1.81. The zero-order chi connectivity index (χ0) is 20.3. The van der Waals surface area contributed by atoms with Crippen LogP contribution in [0.4, 0.5) is 23.2 Å². The number of aliphatic imine (C=N–C) groups is 1. The summed E-state index contributed by atoms with van der Waals surface area (Å²) < 4.78 is 61.7. The third kappa shape index (κ3) is 4.93. The molecule has 3 rings (SSSR count). The van der Waals surface area contributed by atoms with Crippen molar-refractivity contribution in [2.45, 2.75) is 64.4 Å². The monoisotopic (exact) mass is 415 g/mol. The Bertz CT molecular complexity index is 711. The highest BCUT2D eigenvalue weighted by Crippen LogP contribution is 2.45. The Morgan fingerprint density at radius 1 is 0.964 bits per heavy atom. The minimum Gasteiger partial charge on any atom is -0.432 e. The van der Waals surface area contributed by atoms with Crippen molar-refractivity contribution < 1.29 is 22.3 Å². The zero-order valence-corrected chi connectivity index (χ0v) is 16.7. The second-order valence-corrected chi connectivity index (χ2v) is 8.42. The number of benzene rings is 1. The molecule has 0 radical (unpaired) electrons. The average Bonchev–Trinajstić information content (AvgIpc) is 2.65. The van der Waals surface area contributed by atoms with E-state index in [1.807, 2.05) is 5.16 Å². The molecule has 2 saturated carbocycles. The van der Waals surface area contributed by atoms with Crippen molar-refractivity contribution in [2.75, 3.05) is 0 Å². The molecule has 2 aliphatic rings. The maximum absolute atomic E-state index is 14.6. The lowest BCUT2D eigenvalue weighted by atomic mass is 9.69. The lowest BCUT2D eigenvalue weighted by molar-refractivity contribution is -0.224. The number of rotatable bonds is 5. The van der Waals surface area contributed by atoms with E-state index in [2.05, 4.69) is 24.1 Å². The van der Waals surface area contributed by atoms with Gasteiger partial charge in [-0.25, -0.2) is 8.78 Å². The Morgan fingerprint density at radius 2 is 1.46 bits per heavy atom. The maximum atomic E-state index is 14.6. The van der Waals surface area contributed by atoms with E-state index in [1.54, 1.807) is 0 Å².